The van der Waals surface area contributed by atoms with Gasteiger partial charge in [0.15, 0.2) is 5.76 Å². The SMILES string of the molecule is Cc1noc(C)c1S(=O)(=O)N1CCC[C@@H](C(=O)N2CCOCC2)C1. The first-order valence-corrected chi connectivity index (χ1v) is 9.65. The second-order valence-electron chi connectivity index (χ2n) is 6.29. The largest absolute Gasteiger partial charge is 0.378 e. The molecular formula is C15H23N3O5S. The van der Waals surface area contributed by atoms with Crippen LogP contribution in [0.25, 0.3) is 0 Å². The average Bonchev–Trinajstić information content (AvgIpc) is 2.94. The molecule has 0 N–H and O–H groups in total. The summed E-state index contributed by atoms with van der Waals surface area (Å²) in [5.74, 6) is 0.0122. The number of carbonyl (C=O) groups is 1. The lowest BCUT2D eigenvalue weighted by atomic mass is 9.98. The maximum absolute atomic E-state index is 12.9. The van der Waals surface area contributed by atoms with E-state index >= 15 is 0 Å². The summed E-state index contributed by atoms with van der Waals surface area (Å²) in [6, 6.07) is 0. The fourth-order valence-corrected chi connectivity index (χ4v) is 5.19. The first kappa shape index (κ1) is 17.4. The average molecular weight is 357 g/mol. The zero-order valence-electron chi connectivity index (χ0n) is 14.0. The number of ether oxygens (including phenoxy) is 1. The predicted octanol–water partition coefficient (Wildman–Crippen LogP) is 0.551. The summed E-state index contributed by atoms with van der Waals surface area (Å²) in [6.07, 6.45) is 1.38. The molecule has 2 saturated heterocycles. The van der Waals surface area contributed by atoms with Gasteiger partial charge in [0.25, 0.3) is 0 Å². The molecule has 1 atom stereocenters. The van der Waals surface area contributed by atoms with Crippen molar-refractivity contribution < 1.29 is 22.5 Å². The normalized spacial score (nSPS) is 23.4. The molecule has 1 amide bonds. The van der Waals surface area contributed by atoms with Crippen LogP contribution < -0.4 is 0 Å². The van der Waals surface area contributed by atoms with Crippen molar-refractivity contribution in [3.05, 3.63) is 11.5 Å². The molecule has 134 valence electrons. The second-order valence-corrected chi connectivity index (χ2v) is 8.17. The third-order valence-corrected chi connectivity index (χ3v) is 6.73. The van der Waals surface area contributed by atoms with Crippen LogP contribution in [0.4, 0.5) is 0 Å². The highest BCUT2D eigenvalue weighted by atomic mass is 32.2. The van der Waals surface area contributed by atoms with E-state index in [9.17, 15) is 13.2 Å². The minimum Gasteiger partial charge on any atom is -0.378 e. The number of aromatic nitrogens is 1. The third-order valence-electron chi connectivity index (χ3n) is 4.62. The predicted molar refractivity (Wildman–Crippen MR) is 84.9 cm³/mol. The molecule has 8 nitrogen and oxygen atoms in total. The van der Waals surface area contributed by atoms with E-state index < -0.39 is 10.0 Å². The van der Waals surface area contributed by atoms with Gasteiger partial charge in [-0.25, -0.2) is 8.42 Å². The van der Waals surface area contributed by atoms with Crippen molar-refractivity contribution in [1.82, 2.24) is 14.4 Å². The highest BCUT2D eigenvalue weighted by molar-refractivity contribution is 7.89. The maximum Gasteiger partial charge on any atom is 0.248 e. The van der Waals surface area contributed by atoms with Crippen LogP contribution in [-0.4, -0.2) is 68.1 Å². The number of rotatable bonds is 3. The molecule has 24 heavy (non-hydrogen) atoms. The molecule has 0 aromatic carbocycles. The number of piperidine rings is 1. The van der Waals surface area contributed by atoms with Crippen LogP contribution in [0.15, 0.2) is 9.42 Å². The third kappa shape index (κ3) is 3.20. The molecule has 0 unspecified atom stereocenters. The first-order valence-electron chi connectivity index (χ1n) is 8.21. The molecule has 0 radical (unpaired) electrons. The molecule has 2 aliphatic heterocycles. The molecule has 1 aromatic heterocycles. The van der Waals surface area contributed by atoms with Crippen LogP contribution in [0.2, 0.25) is 0 Å². The van der Waals surface area contributed by atoms with Gasteiger partial charge in [-0.15, -0.1) is 0 Å². The van der Waals surface area contributed by atoms with Crippen molar-refractivity contribution >= 4 is 15.9 Å². The summed E-state index contributed by atoms with van der Waals surface area (Å²) in [4.78, 5) is 14.6. The number of hydrogen-bond donors (Lipinski definition) is 0. The number of amides is 1. The van der Waals surface area contributed by atoms with Crippen LogP contribution in [0.3, 0.4) is 0 Å². The fourth-order valence-electron chi connectivity index (χ4n) is 3.38. The van der Waals surface area contributed by atoms with Crippen molar-refractivity contribution in [1.29, 1.82) is 0 Å². The Morgan fingerprint density at radius 1 is 1.21 bits per heavy atom. The minimum atomic E-state index is -3.70. The fraction of sp³-hybridized carbons (Fsp3) is 0.733. The standard InChI is InChI=1S/C15H23N3O5S/c1-11-14(12(2)23-16-11)24(20,21)18-5-3-4-13(10-18)15(19)17-6-8-22-9-7-17/h13H,3-10H2,1-2H3/t13-/m1/s1. The van der Waals surface area contributed by atoms with Gasteiger partial charge in [0.2, 0.25) is 15.9 Å². The summed E-state index contributed by atoms with van der Waals surface area (Å²) in [6.45, 7) is 6.07. The summed E-state index contributed by atoms with van der Waals surface area (Å²) < 4.78 is 37.5. The van der Waals surface area contributed by atoms with Crippen molar-refractivity contribution in [3.8, 4) is 0 Å². The van der Waals surface area contributed by atoms with E-state index in [2.05, 4.69) is 5.16 Å². The monoisotopic (exact) mass is 357 g/mol. The number of morpholine rings is 1. The lowest BCUT2D eigenvalue weighted by molar-refractivity contribution is -0.140. The highest BCUT2D eigenvalue weighted by Gasteiger charge is 2.37. The Kier molecular flexibility index (Phi) is 4.93. The summed E-state index contributed by atoms with van der Waals surface area (Å²) >= 11 is 0. The second kappa shape index (κ2) is 6.81. The van der Waals surface area contributed by atoms with Gasteiger partial charge in [0.1, 0.15) is 10.6 Å². The summed E-state index contributed by atoms with van der Waals surface area (Å²) in [5.41, 5.74) is 0.356. The number of nitrogens with zero attached hydrogens (tertiary/aromatic N) is 3. The van der Waals surface area contributed by atoms with E-state index in [1.807, 2.05) is 0 Å². The van der Waals surface area contributed by atoms with Gasteiger partial charge in [0, 0.05) is 26.2 Å². The molecule has 3 heterocycles. The molecule has 9 heteroatoms. The van der Waals surface area contributed by atoms with E-state index in [-0.39, 0.29) is 29.0 Å². The molecule has 0 spiro atoms. The van der Waals surface area contributed by atoms with E-state index in [1.54, 1.807) is 18.7 Å². The van der Waals surface area contributed by atoms with Crippen LogP contribution >= 0.6 is 0 Å². The zero-order valence-corrected chi connectivity index (χ0v) is 14.8. The maximum atomic E-state index is 12.9. The van der Waals surface area contributed by atoms with Crippen LogP contribution in [0.1, 0.15) is 24.3 Å². The lowest BCUT2D eigenvalue weighted by Crippen LogP contribution is -2.49. The van der Waals surface area contributed by atoms with Gasteiger partial charge in [-0.3, -0.25) is 4.79 Å². The Balaban J connectivity index is 1.76. The smallest absolute Gasteiger partial charge is 0.248 e. The molecule has 2 fully saturated rings. The van der Waals surface area contributed by atoms with Crippen molar-refractivity contribution in [2.24, 2.45) is 5.92 Å². The Labute approximate surface area is 141 Å². The lowest BCUT2D eigenvalue weighted by Gasteiger charge is -2.35. The Morgan fingerprint density at radius 2 is 1.92 bits per heavy atom. The highest BCUT2D eigenvalue weighted by Crippen LogP contribution is 2.28. The molecule has 3 rings (SSSR count). The van der Waals surface area contributed by atoms with Crippen molar-refractivity contribution in [3.63, 3.8) is 0 Å². The number of sulfonamides is 1. The van der Waals surface area contributed by atoms with Crippen molar-refractivity contribution in [2.75, 3.05) is 39.4 Å². The quantitative estimate of drug-likeness (QED) is 0.784. The van der Waals surface area contributed by atoms with E-state index in [0.717, 1.165) is 0 Å². The number of carbonyl (C=O) groups excluding carboxylic acids is 1. The van der Waals surface area contributed by atoms with E-state index in [4.69, 9.17) is 9.26 Å². The van der Waals surface area contributed by atoms with E-state index in [0.29, 0.717) is 51.4 Å². The van der Waals surface area contributed by atoms with Crippen LogP contribution in [0, 0.1) is 19.8 Å². The Hall–Kier alpha value is -1.45. The molecular weight excluding hydrogens is 334 g/mol. The minimum absolute atomic E-state index is 0.0250. The van der Waals surface area contributed by atoms with Gasteiger partial charge in [-0.1, -0.05) is 5.16 Å². The van der Waals surface area contributed by atoms with Crippen LogP contribution in [-0.2, 0) is 19.6 Å². The van der Waals surface area contributed by atoms with E-state index in [1.165, 1.54) is 4.31 Å². The van der Waals surface area contributed by atoms with Crippen molar-refractivity contribution in [2.45, 2.75) is 31.6 Å². The molecule has 1 aromatic rings. The molecule has 0 aliphatic carbocycles. The van der Waals surface area contributed by atoms with Gasteiger partial charge < -0.3 is 14.2 Å². The Morgan fingerprint density at radius 3 is 2.54 bits per heavy atom. The zero-order chi connectivity index (χ0) is 17.3. The van der Waals surface area contributed by atoms with Gasteiger partial charge in [-0.2, -0.15) is 4.31 Å². The Bertz CT molecular complexity index is 689. The summed E-state index contributed by atoms with van der Waals surface area (Å²) in [5, 5.41) is 3.73. The van der Waals surface area contributed by atoms with Gasteiger partial charge in [0.05, 0.1) is 19.1 Å². The summed E-state index contributed by atoms with van der Waals surface area (Å²) in [7, 11) is -3.70. The van der Waals surface area contributed by atoms with Gasteiger partial charge >= 0.3 is 0 Å². The molecule has 0 saturated carbocycles. The number of hydrogen-bond acceptors (Lipinski definition) is 6. The molecule has 2 aliphatic rings. The van der Waals surface area contributed by atoms with Crippen LogP contribution in [0.5, 0.6) is 0 Å². The number of aryl methyl sites for hydroxylation is 2. The molecule has 0 bridgehead atoms. The first-order chi connectivity index (χ1) is 11.4. The topological polar surface area (TPSA) is 93.0 Å². The van der Waals surface area contributed by atoms with Gasteiger partial charge in [-0.05, 0) is 26.7 Å².